The van der Waals surface area contributed by atoms with Gasteiger partial charge in [0, 0.05) is 25.2 Å². The van der Waals surface area contributed by atoms with Crippen LogP contribution in [0.15, 0.2) is 108 Å². The van der Waals surface area contributed by atoms with Crippen molar-refractivity contribution in [1.82, 2.24) is 0 Å². The molecule has 2 aliphatic rings. The van der Waals surface area contributed by atoms with Gasteiger partial charge in [-0.2, -0.15) is 0 Å². The number of Topliss-reactive ketones (excluding diaryl/α,β-unsaturated/α-hetero) is 1. The molecule has 5 rings (SSSR count). The number of benzene rings is 3. The third kappa shape index (κ3) is 10.3. The van der Waals surface area contributed by atoms with Crippen LogP contribution < -0.4 is 15.1 Å². The van der Waals surface area contributed by atoms with Crippen LogP contribution in [0.1, 0.15) is 119 Å². The van der Waals surface area contributed by atoms with Crippen molar-refractivity contribution >= 4 is 24.5 Å². The quantitative estimate of drug-likeness (QED) is 0.0944. The van der Waals surface area contributed by atoms with Gasteiger partial charge in [0.15, 0.2) is 17.2 Å². The van der Waals surface area contributed by atoms with Crippen molar-refractivity contribution in [2.24, 2.45) is 11.8 Å². The first-order valence-electron chi connectivity index (χ1n) is 21.4. The molecule has 1 heterocycles. The first-order valence-corrected chi connectivity index (χ1v) is 23.4. The average Bonchev–Trinajstić information content (AvgIpc) is 3.59. The molecule has 1 aliphatic carbocycles. The molecule has 2 fully saturated rings. The van der Waals surface area contributed by atoms with E-state index in [2.05, 4.69) is 147 Å². The Morgan fingerprint density at radius 3 is 1.98 bits per heavy atom. The Labute approximate surface area is 345 Å². The summed E-state index contributed by atoms with van der Waals surface area (Å²) in [5, 5.41) is 2.37. The molecular formula is C50H70O6Si. The highest BCUT2D eigenvalue weighted by Gasteiger charge is 2.54. The SMILES string of the molecule is C/C=C(\C)[C@H](O[Si](c1ccccc1)(c1ccccc1)C(C)(C)C)[C@@H](C)/C=C(\C)[C@@H](OCc1ccc(OC)cc1)[C@@H](C)CCC(=O)[C@@]1(CC)COC2(CCCCC2)O1. The standard InChI is InChI=1S/C50H70O6Si/c1-11-37(3)47(55-57(48(7,8)9,43-22-16-13-17-23-43)44-24-18-14-19-25-44)40(6)34-39(5)46(53-35-41-27-29-42(52-10)30-28-41)38(4)26-31-45(51)49(12-2)36-54-50(56-49)32-20-15-21-33-50/h11,13-14,16-19,22-25,27-30,34,38,40,46-47H,12,15,20-21,26,31-33,35-36H2,1-10H3/b37-11+,39-34+/t38-,40-,46-,47-,49+/m0/s1. The van der Waals surface area contributed by atoms with Crippen LogP contribution in [0.5, 0.6) is 5.75 Å². The van der Waals surface area contributed by atoms with Crippen LogP contribution in [0.3, 0.4) is 0 Å². The zero-order valence-electron chi connectivity index (χ0n) is 36.6. The zero-order chi connectivity index (χ0) is 41.3. The molecule has 0 radical (unpaired) electrons. The predicted octanol–water partition coefficient (Wildman–Crippen LogP) is 10.9. The highest BCUT2D eigenvalue weighted by molar-refractivity contribution is 6.99. The topological polar surface area (TPSA) is 63.2 Å². The van der Waals surface area contributed by atoms with Crippen LogP contribution in [0, 0.1) is 11.8 Å². The van der Waals surface area contributed by atoms with Crippen LogP contribution >= 0.6 is 0 Å². The minimum Gasteiger partial charge on any atom is -0.497 e. The number of ether oxygens (including phenoxy) is 4. The van der Waals surface area contributed by atoms with E-state index in [1.54, 1.807) is 7.11 Å². The summed E-state index contributed by atoms with van der Waals surface area (Å²) >= 11 is 0. The Morgan fingerprint density at radius 2 is 1.46 bits per heavy atom. The summed E-state index contributed by atoms with van der Waals surface area (Å²) < 4.78 is 33.0. The van der Waals surface area contributed by atoms with Gasteiger partial charge in [-0.15, -0.1) is 0 Å². The molecule has 5 atom stereocenters. The summed E-state index contributed by atoms with van der Waals surface area (Å²) in [6, 6.07) is 29.8. The van der Waals surface area contributed by atoms with E-state index in [0.717, 1.165) is 42.6 Å². The Kier molecular flexibility index (Phi) is 15.4. The predicted molar refractivity (Wildman–Crippen MR) is 236 cm³/mol. The second kappa shape index (κ2) is 19.6. The van der Waals surface area contributed by atoms with Gasteiger partial charge in [0.2, 0.25) is 0 Å². The molecule has 0 amide bonds. The third-order valence-electron chi connectivity index (χ3n) is 12.7. The number of carbonyl (C=O) groups excluding carboxylic acids is 1. The summed E-state index contributed by atoms with van der Waals surface area (Å²) in [7, 11) is -1.18. The van der Waals surface area contributed by atoms with Gasteiger partial charge in [-0.1, -0.05) is 133 Å². The molecule has 1 saturated carbocycles. The first kappa shape index (κ1) is 44.8. The second-order valence-electron chi connectivity index (χ2n) is 17.7. The maximum Gasteiger partial charge on any atom is 0.261 e. The van der Waals surface area contributed by atoms with E-state index in [-0.39, 0.29) is 34.9 Å². The van der Waals surface area contributed by atoms with Crippen molar-refractivity contribution in [3.63, 3.8) is 0 Å². The number of allylic oxidation sites excluding steroid dienone is 1. The fourth-order valence-electron chi connectivity index (χ4n) is 9.16. The van der Waals surface area contributed by atoms with Crippen molar-refractivity contribution in [3.8, 4) is 5.75 Å². The molecule has 6 nitrogen and oxygen atoms in total. The fourth-order valence-corrected chi connectivity index (χ4v) is 14.0. The number of hydrogen-bond donors (Lipinski definition) is 0. The minimum absolute atomic E-state index is 0.0304. The van der Waals surface area contributed by atoms with Crippen molar-refractivity contribution in [1.29, 1.82) is 0 Å². The molecular weight excluding hydrogens is 725 g/mol. The largest absolute Gasteiger partial charge is 0.497 e. The van der Waals surface area contributed by atoms with Crippen LogP contribution in [-0.4, -0.2) is 51.4 Å². The highest BCUT2D eigenvalue weighted by Crippen LogP contribution is 2.44. The lowest BCUT2D eigenvalue weighted by Gasteiger charge is -2.46. The van der Waals surface area contributed by atoms with Crippen molar-refractivity contribution in [2.75, 3.05) is 13.7 Å². The molecule has 0 N–H and O–H groups in total. The summed E-state index contributed by atoms with van der Waals surface area (Å²) in [6.07, 6.45) is 11.0. The lowest BCUT2D eigenvalue weighted by Crippen LogP contribution is -2.68. The Balaban J connectivity index is 1.44. The van der Waals surface area contributed by atoms with Gasteiger partial charge >= 0.3 is 0 Å². The minimum atomic E-state index is -2.86. The van der Waals surface area contributed by atoms with E-state index in [0.29, 0.717) is 32.5 Å². The van der Waals surface area contributed by atoms with Gasteiger partial charge < -0.3 is 23.4 Å². The zero-order valence-corrected chi connectivity index (χ0v) is 37.6. The fraction of sp³-hybridized carbons (Fsp3) is 0.540. The monoisotopic (exact) mass is 794 g/mol. The summed E-state index contributed by atoms with van der Waals surface area (Å²) in [5.74, 6) is 0.465. The van der Waals surface area contributed by atoms with Crippen LogP contribution in [-0.2, 0) is 30.0 Å². The smallest absolute Gasteiger partial charge is 0.261 e. The molecule has 3 aromatic carbocycles. The van der Waals surface area contributed by atoms with Crippen LogP contribution in [0.4, 0.5) is 0 Å². The normalized spacial score (nSPS) is 21.2. The average molecular weight is 795 g/mol. The number of methoxy groups -OCH3 is 1. The molecule has 1 aliphatic heterocycles. The molecule has 0 unspecified atom stereocenters. The first-order chi connectivity index (χ1) is 27.2. The summed E-state index contributed by atoms with van der Waals surface area (Å²) in [5.41, 5.74) is 2.55. The molecule has 1 spiro atoms. The lowest BCUT2D eigenvalue weighted by molar-refractivity contribution is -0.206. The lowest BCUT2D eigenvalue weighted by atomic mass is 9.86. The molecule has 7 heteroatoms. The number of carbonyl (C=O) groups is 1. The van der Waals surface area contributed by atoms with E-state index >= 15 is 0 Å². The number of ketones is 1. The van der Waals surface area contributed by atoms with E-state index in [9.17, 15) is 4.79 Å². The van der Waals surface area contributed by atoms with E-state index in [4.69, 9.17) is 23.4 Å². The molecule has 310 valence electrons. The number of rotatable bonds is 18. The third-order valence-corrected chi connectivity index (χ3v) is 17.7. The van der Waals surface area contributed by atoms with Crippen LogP contribution in [0.2, 0.25) is 5.04 Å². The van der Waals surface area contributed by atoms with Crippen molar-refractivity contribution in [3.05, 3.63) is 114 Å². The Bertz CT molecular complexity index is 1730. The van der Waals surface area contributed by atoms with Gasteiger partial charge in [-0.05, 0) is 96.6 Å². The maximum absolute atomic E-state index is 14.1. The van der Waals surface area contributed by atoms with Gasteiger partial charge in [0.25, 0.3) is 8.32 Å². The highest BCUT2D eigenvalue weighted by atomic mass is 28.4. The molecule has 1 saturated heterocycles. The van der Waals surface area contributed by atoms with Gasteiger partial charge in [0.05, 0.1) is 32.5 Å². The van der Waals surface area contributed by atoms with Crippen LogP contribution in [0.25, 0.3) is 0 Å². The summed E-state index contributed by atoms with van der Waals surface area (Å²) in [4.78, 5) is 14.1. The van der Waals surface area contributed by atoms with Gasteiger partial charge in [-0.25, -0.2) is 0 Å². The van der Waals surface area contributed by atoms with Crippen molar-refractivity contribution < 1.29 is 28.2 Å². The maximum atomic E-state index is 14.1. The van der Waals surface area contributed by atoms with Gasteiger partial charge in [0.1, 0.15) is 5.75 Å². The van der Waals surface area contributed by atoms with E-state index in [1.807, 2.05) is 12.1 Å². The molecule has 57 heavy (non-hydrogen) atoms. The van der Waals surface area contributed by atoms with E-state index < -0.39 is 19.7 Å². The molecule has 0 bridgehead atoms. The van der Waals surface area contributed by atoms with Gasteiger partial charge in [-0.3, -0.25) is 4.79 Å². The molecule has 0 aromatic heterocycles. The van der Waals surface area contributed by atoms with E-state index in [1.165, 1.54) is 22.4 Å². The Morgan fingerprint density at radius 1 is 0.860 bits per heavy atom. The van der Waals surface area contributed by atoms with Crippen molar-refractivity contribution in [2.45, 2.75) is 149 Å². The Hall–Kier alpha value is -3.33. The number of hydrogen-bond acceptors (Lipinski definition) is 6. The summed E-state index contributed by atoms with van der Waals surface area (Å²) in [6.45, 7) is 20.8. The second-order valence-corrected chi connectivity index (χ2v) is 22.0. The molecule has 3 aromatic rings.